The molecule has 1 N–H and O–H groups in total. The number of rotatable bonds is 6. The van der Waals surface area contributed by atoms with E-state index < -0.39 is 22.0 Å². The summed E-state index contributed by atoms with van der Waals surface area (Å²) < 4.78 is 39.6. The first kappa shape index (κ1) is 24.0. The van der Waals surface area contributed by atoms with Crippen LogP contribution in [-0.4, -0.2) is 47.2 Å². The second-order valence-corrected chi connectivity index (χ2v) is 10.9. The predicted molar refractivity (Wildman–Crippen MR) is 140 cm³/mol. The third-order valence-corrected chi connectivity index (χ3v) is 8.32. The first-order chi connectivity index (χ1) is 17.3. The number of aryl methyl sites for hydroxylation is 1. The highest BCUT2D eigenvalue weighted by Gasteiger charge is 2.37. The fraction of sp³-hybridized carbons (Fsp3) is 0.296. The second-order valence-electron chi connectivity index (χ2n) is 9.02. The van der Waals surface area contributed by atoms with Crippen LogP contribution in [0.3, 0.4) is 0 Å². The first-order valence-corrected chi connectivity index (χ1v) is 13.4. The topological polar surface area (TPSA) is 88.2 Å². The van der Waals surface area contributed by atoms with Gasteiger partial charge in [0.15, 0.2) is 6.10 Å². The molecule has 2 aliphatic heterocycles. The molecular weight excluding hydrogens is 478 g/mol. The molecule has 0 unspecified atom stereocenters. The molecule has 1 amide bonds. The average Bonchev–Trinajstić information content (AvgIpc) is 3.43. The molecule has 3 aromatic rings. The van der Waals surface area contributed by atoms with Crippen LogP contribution in [0.2, 0.25) is 0 Å². The van der Waals surface area contributed by atoms with Gasteiger partial charge in [-0.3, -0.25) is 9.10 Å². The number of anilines is 3. The zero-order valence-corrected chi connectivity index (χ0v) is 21.1. The Kier molecular flexibility index (Phi) is 6.49. The average molecular weight is 508 g/mol. The normalized spacial score (nSPS) is 17.3. The maximum Gasteiger partial charge on any atom is 0.267 e. The highest BCUT2D eigenvalue weighted by Crippen LogP contribution is 2.38. The summed E-state index contributed by atoms with van der Waals surface area (Å²) in [4.78, 5) is 15.6. The summed E-state index contributed by atoms with van der Waals surface area (Å²) in [5, 5.41) is 2.88. The maximum atomic E-state index is 13.6. The van der Waals surface area contributed by atoms with E-state index in [1.165, 1.54) is 36.4 Å². The van der Waals surface area contributed by atoms with E-state index in [0.717, 1.165) is 24.3 Å². The third kappa shape index (κ3) is 4.70. The van der Waals surface area contributed by atoms with Gasteiger partial charge in [0.25, 0.3) is 15.9 Å². The van der Waals surface area contributed by atoms with Gasteiger partial charge in [0.2, 0.25) is 0 Å². The number of hydrogen-bond acceptors (Lipinski definition) is 6. The number of carbonyl (C=O) groups is 1. The number of carbonyl (C=O) groups excluding carboxylic acids is 1. The number of fused-ring (bicyclic) bond motifs is 1. The Hall–Kier alpha value is -3.72. The van der Waals surface area contributed by atoms with Crippen LogP contribution >= 0.6 is 0 Å². The Morgan fingerprint density at radius 3 is 2.36 bits per heavy atom. The lowest BCUT2D eigenvalue weighted by atomic mass is 10.1. The van der Waals surface area contributed by atoms with Crippen molar-refractivity contribution < 1.29 is 22.7 Å². The smallest absolute Gasteiger partial charge is 0.267 e. The van der Waals surface area contributed by atoms with Gasteiger partial charge in [-0.15, -0.1) is 0 Å². The van der Waals surface area contributed by atoms with Crippen LogP contribution in [-0.2, 0) is 14.8 Å². The lowest BCUT2D eigenvalue weighted by molar-refractivity contribution is -0.122. The molecule has 1 fully saturated rings. The fourth-order valence-electron chi connectivity index (χ4n) is 4.55. The summed E-state index contributed by atoms with van der Waals surface area (Å²) in [6.07, 6.45) is 1.36. The van der Waals surface area contributed by atoms with Crippen LogP contribution in [0.5, 0.6) is 11.5 Å². The fourth-order valence-corrected chi connectivity index (χ4v) is 6.03. The molecule has 188 valence electrons. The van der Waals surface area contributed by atoms with Gasteiger partial charge in [-0.05, 0) is 86.0 Å². The standard InChI is InChI=1S/C27H29N3O5S/c1-19-5-14-24-25(17-19)35-26(18-30(24)36(32,33)23-12-10-22(34-2)11-13-23)27(31)28-20-6-8-21(9-7-20)29-15-3-4-16-29/h5-14,17,26H,3-4,15-16,18H2,1-2H3,(H,28,31)/t26-/m1/s1. The molecule has 0 saturated carbocycles. The summed E-state index contributed by atoms with van der Waals surface area (Å²) >= 11 is 0. The number of hydrogen-bond donors (Lipinski definition) is 1. The van der Waals surface area contributed by atoms with Gasteiger partial charge < -0.3 is 19.7 Å². The van der Waals surface area contributed by atoms with Crippen LogP contribution in [0.1, 0.15) is 18.4 Å². The quantitative estimate of drug-likeness (QED) is 0.538. The number of ether oxygens (including phenoxy) is 2. The van der Waals surface area contributed by atoms with E-state index in [4.69, 9.17) is 9.47 Å². The molecular formula is C27H29N3O5S. The van der Waals surface area contributed by atoms with Gasteiger partial charge in [-0.1, -0.05) is 6.07 Å². The summed E-state index contributed by atoms with van der Waals surface area (Å²) in [7, 11) is -2.43. The monoisotopic (exact) mass is 507 g/mol. The molecule has 9 heteroatoms. The Labute approximate surface area is 211 Å². The zero-order chi connectivity index (χ0) is 25.3. The molecule has 1 atom stereocenters. The van der Waals surface area contributed by atoms with Crippen molar-refractivity contribution in [3.05, 3.63) is 72.3 Å². The minimum Gasteiger partial charge on any atom is -0.497 e. The molecule has 0 spiro atoms. The lowest BCUT2D eigenvalue weighted by Crippen LogP contribution is -2.48. The van der Waals surface area contributed by atoms with Crippen LogP contribution in [0.4, 0.5) is 17.1 Å². The van der Waals surface area contributed by atoms with Crippen molar-refractivity contribution in [3.63, 3.8) is 0 Å². The Balaban J connectivity index is 1.39. The number of nitrogens with zero attached hydrogens (tertiary/aromatic N) is 2. The van der Waals surface area contributed by atoms with Crippen LogP contribution in [0, 0.1) is 6.92 Å². The third-order valence-electron chi connectivity index (χ3n) is 6.53. The largest absolute Gasteiger partial charge is 0.497 e. The minimum atomic E-state index is -3.96. The molecule has 0 radical (unpaired) electrons. The summed E-state index contributed by atoms with van der Waals surface area (Å²) in [6, 6.07) is 19.1. The van der Waals surface area contributed by atoms with E-state index in [1.54, 1.807) is 24.3 Å². The molecule has 0 aliphatic carbocycles. The van der Waals surface area contributed by atoms with Crippen LogP contribution < -0.4 is 24.0 Å². The van der Waals surface area contributed by atoms with Crippen LogP contribution in [0.15, 0.2) is 71.6 Å². The van der Waals surface area contributed by atoms with E-state index >= 15 is 0 Å². The molecule has 8 nitrogen and oxygen atoms in total. The molecule has 0 bridgehead atoms. The SMILES string of the molecule is COc1ccc(S(=O)(=O)N2C[C@H](C(=O)Nc3ccc(N4CCCC4)cc3)Oc3cc(C)ccc32)cc1. The van der Waals surface area contributed by atoms with Crippen molar-refractivity contribution in [2.75, 3.05) is 41.3 Å². The van der Waals surface area contributed by atoms with E-state index in [2.05, 4.69) is 10.2 Å². The second kappa shape index (κ2) is 9.73. The highest BCUT2D eigenvalue weighted by atomic mass is 32.2. The number of benzene rings is 3. The van der Waals surface area contributed by atoms with Crippen molar-refractivity contribution in [1.82, 2.24) is 0 Å². The lowest BCUT2D eigenvalue weighted by Gasteiger charge is -2.35. The van der Waals surface area contributed by atoms with Gasteiger partial charge in [-0.2, -0.15) is 0 Å². The summed E-state index contributed by atoms with van der Waals surface area (Å²) in [6.45, 7) is 3.82. The molecule has 3 aromatic carbocycles. The van der Waals surface area contributed by atoms with E-state index in [1.807, 2.05) is 37.3 Å². The summed E-state index contributed by atoms with van der Waals surface area (Å²) in [5.41, 5.74) is 3.05. The molecule has 2 aliphatic rings. The molecule has 0 aromatic heterocycles. The van der Waals surface area contributed by atoms with Gasteiger partial charge >= 0.3 is 0 Å². The van der Waals surface area contributed by atoms with Gasteiger partial charge in [-0.25, -0.2) is 8.42 Å². The van der Waals surface area contributed by atoms with E-state index in [-0.39, 0.29) is 11.4 Å². The van der Waals surface area contributed by atoms with Crippen molar-refractivity contribution in [3.8, 4) is 11.5 Å². The molecule has 36 heavy (non-hydrogen) atoms. The first-order valence-electron chi connectivity index (χ1n) is 11.9. The van der Waals surface area contributed by atoms with Crippen molar-refractivity contribution >= 4 is 33.0 Å². The minimum absolute atomic E-state index is 0.105. The zero-order valence-electron chi connectivity index (χ0n) is 20.3. The Morgan fingerprint density at radius 1 is 1.00 bits per heavy atom. The van der Waals surface area contributed by atoms with Crippen molar-refractivity contribution in [1.29, 1.82) is 0 Å². The van der Waals surface area contributed by atoms with Gasteiger partial charge in [0.05, 0.1) is 24.2 Å². The Bertz CT molecular complexity index is 1350. The highest BCUT2D eigenvalue weighted by molar-refractivity contribution is 7.92. The summed E-state index contributed by atoms with van der Waals surface area (Å²) in [5.74, 6) is 0.494. The molecule has 5 rings (SSSR count). The molecule has 1 saturated heterocycles. The van der Waals surface area contributed by atoms with Gasteiger partial charge in [0.1, 0.15) is 11.5 Å². The Morgan fingerprint density at radius 2 is 1.69 bits per heavy atom. The number of methoxy groups -OCH3 is 1. The number of sulfonamides is 1. The van der Waals surface area contributed by atoms with Gasteiger partial charge in [0, 0.05) is 24.5 Å². The number of nitrogens with one attached hydrogen (secondary N) is 1. The predicted octanol–water partition coefficient (Wildman–Crippen LogP) is 4.20. The molecule has 2 heterocycles. The van der Waals surface area contributed by atoms with E-state index in [0.29, 0.717) is 22.9 Å². The van der Waals surface area contributed by atoms with E-state index in [9.17, 15) is 13.2 Å². The van der Waals surface area contributed by atoms with Crippen LogP contribution in [0.25, 0.3) is 0 Å². The van der Waals surface area contributed by atoms with Crippen molar-refractivity contribution in [2.24, 2.45) is 0 Å². The number of amides is 1. The maximum absolute atomic E-state index is 13.6. The van der Waals surface area contributed by atoms with Crippen molar-refractivity contribution in [2.45, 2.75) is 30.8 Å².